The number of carboxylic acid groups (broad SMARTS) is 1. The van der Waals surface area contributed by atoms with Gasteiger partial charge in [0.25, 0.3) is 0 Å². The number of nitrogens with zero attached hydrogens (tertiary/aromatic N) is 1. The molecule has 0 saturated heterocycles. The number of carboxylic acids is 1. The van der Waals surface area contributed by atoms with Gasteiger partial charge in [0.05, 0.1) is 0 Å². The highest BCUT2D eigenvalue weighted by atomic mass is 16.4. The van der Waals surface area contributed by atoms with Gasteiger partial charge < -0.3 is 5.11 Å². The maximum atomic E-state index is 11.2. The first kappa shape index (κ1) is 11.1. The normalized spacial score (nSPS) is 19.1. The molecule has 0 amide bonds. The van der Waals surface area contributed by atoms with Gasteiger partial charge in [-0.1, -0.05) is 6.07 Å². The van der Waals surface area contributed by atoms with E-state index in [0.29, 0.717) is 6.54 Å². The van der Waals surface area contributed by atoms with Crippen LogP contribution in [0.4, 0.5) is 0 Å². The van der Waals surface area contributed by atoms with Crippen LogP contribution in [-0.2, 0) is 11.3 Å². The average Bonchev–Trinajstić information content (AvgIpc) is 3.11. The molecule has 86 valence electrons. The molecule has 1 unspecified atom stereocenters. The summed E-state index contributed by atoms with van der Waals surface area (Å²) in [6.07, 6.45) is 5.47. The van der Waals surface area contributed by atoms with Crippen molar-refractivity contribution in [3.05, 3.63) is 30.1 Å². The Kier molecular flexibility index (Phi) is 2.92. The Morgan fingerprint density at radius 1 is 1.69 bits per heavy atom. The largest absolute Gasteiger partial charge is 0.480 e. The third-order valence-electron chi connectivity index (χ3n) is 3.22. The van der Waals surface area contributed by atoms with Crippen LogP contribution < -0.4 is 5.32 Å². The minimum Gasteiger partial charge on any atom is -0.480 e. The van der Waals surface area contributed by atoms with E-state index in [4.69, 9.17) is 0 Å². The molecular formula is C12H16N2O2. The van der Waals surface area contributed by atoms with Crippen molar-refractivity contribution in [3.8, 4) is 0 Å². The monoisotopic (exact) mass is 220 g/mol. The van der Waals surface area contributed by atoms with Gasteiger partial charge in [0.1, 0.15) is 5.54 Å². The summed E-state index contributed by atoms with van der Waals surface area (Å²) in [6.45, 7) is 2.32. The summed E-state index contributed by atoms with van der Waals surface area (Å²) in [5.41, 5.74) is 0.214. The number of nitrogens with one attached hydrogen (secondary N) is 1. The molecular weight excluding hydrogens is 204 g/mol. The second-order valence-corrected chi connectivity index (χ2v) is 4.50. The van der Waals surface area contributed by atoms with Gasteiger partial charge in [-0.15, -0.1) is 0 Å². The average molecular weight is 220 g/mol. The SMILES string of the molecule is CC(NCc1cccnc1)(C(=O)O)C1CC1. The Morgan fingerprint density at radius 2 is 2.44 bits per heavy atom. The lowest BCUT2D eigenvalue weighted by Gasteiger charge is -2.26. The molecule has 0 aromatic carbocycles. The minimum atomic E-state index is -0.796. The Balaban J connectivity index is 2.00. The first-order valence-electron chi connectivity index (χ1n) is 5.50. The molecule has 1 aliphatic carbocycles. The Bertz CT molecular complexity index is 376. The van der Waals surface area contributed by atoms with Gasteiger partial charge in [0, 0.05) is 18.9 Å². The molecule has 1 fully saturated rings. The highest BCUT2D eigenvalue weighted by Gasteiger charge is 2.47. The van der Waals surface area contributed by atoms with E-state index < -0.39 is 11.5 Å². The summed E-state index contributed by atoms with van der Waals surface area (Å²) in [7, 11) is 0. The van der Waals surface area contributed by atoms with Gasteiger partial charge in [-0.3, -0.25) is 15.1 Å². The first-order valence-corrected chi connectivity index (χ1v) is 5.50. The lowest BCUT2D eigenvalue weighted by atomic mass is 9.95. The summed E-state index contributed by atoms with van der Waals surface area (Å²) in [5.74, 6) is -0.499. The predicted molar refractivity (Wildman–Crippen MR) is 59.8 cm³/mol. The third-order valence-corrected chi connectivity index (χ3v) is 3.22. The zero-order chi connectivity index (χ0) is 11.6. The molecule has 1 aliphatic rings. The molecule has 2 N–H and O–H groups in total. The fourth-order valence-electron chi connectivity index (χ4n) is 1.84. The van der Waals surface area contributed by atoms with E-state index in [-0.39, 0.29) is 5.92 Å². The molecule has 1 atom stereocenters. The number of pyridine rings is 1. The van der Waals surface area contributed by atoms with Crippen molar-refractivity contribution in [1.82, 2.24) is 10.3 Å². The lowest BCUT2D eigenvalue weighted by molar-refractivity contribution is -0.145. The van der Waals surface area contributed by atoms with E-state index in [1.54, 1.807) is 19.3 Å². The molecule has 0 bridgehead atoms. The van der Waals surface area contributed by atoms with E-state index in [1.165, 1.54) is 0 Å². The zero-order valence-electron chi connectivity index (χ0n) is 9.31. The molecule has 0 aliphatic heterocycles. The fraction of sp³-hybridized carbons (Fsp3) is 0.500. The summed E-state index contributed by atoms with van der Waals surface area (Å²) < 4.78 is 0. The minimum absolute atomic E-state index is 0.265. The summed E-state index contributed by atoms with van der Waals surface area (Å²) >= 11 is 0. The molecule has 1 aromatic heterocycles. The molecule has 4 heteroatoms. The van der Waals surface area contributed by atoms with E-state index in [0.717, 1.165) is 18.4 Å². The van der Waals surface area contributed by atoms with Crippen molar-refractivity contribution in [2.75, 3.05) is 0 Å². The van der Waals surface area contributed by atoms with Gasteiger partial charge >= 0.3 is 5.97 Å². The van der Waals surface area contributed by atoms with Crippen molar-refractivity contribution < 1.29 is 9.90 Å². The molecule has 1 saturated carbocycles. The van der Waals surface area contributed by atoms with E-state index >= 15 is 0 Å². The molecule has 16 heavy (non-hydrogen) atoms. The number of aromatic nitrogens is 1. The number of hydrogen-bond donors (Lipinski definition) is 2. The van der Waals surface area contributed by atoms with E-state index in [9.17, 15) is 9.90 Å². The Hall–Kier alpha value is -1.42. The predicted octanol–water partition coefficient (Wildman–Crippen LogP) is 1.42. The van der Waals surface area contributed by atoms with Crippen LogP contribution in [-0.4, -0.2) is 21.6 Å². The van der Waals surface area contributed by atoms with Crippen molar-refractivity contribution in [3.63, 3.8) is 0 Å². The van der Waals surface area contributed by atoms with Crippen LogP contribution in [0.5, 0.6) is 0 Å². The van der Waals surface area contributed by atoms with Gasteiger partial charge in [0.15, 0.2) is 0 Å². The first-order chi connectivity index (χ1) is 7.63. The maximum absolute atomic E-state index is 11.2. The van der Waals surface area contributed by atoms with Crippen LogP contribution in [0.3, 0.4) is 0 Å². The van der Waals surface area contributed by atoms with Gasteiger partial charge in [-0.05, 0) is 37.3 Å². The zero-order valence-corrected chi connectivity index (χ0v) is 9.31. The lowest BCUT2D eigenvalue weighted by Crippen LogP contribution is -2.51. The topological polar surface area (TPSA) is 62.2 Å². The van der Waals surface area contributed by atoms with E-state index in [1.807, 2.05) is 12.1 Å². The van der Waals surface area contributed by atoms with Crippen LogP contribution in [0.1, 0.15) is 25.3 Å². The second kappa shape index (κ2) is 4.22. The Morgan fingerprint density at radius 3 is 2.94 bits per heavy atom. The molecule has 2 rings (SSSR count). The quantitative estimate of drug-likeness (QED) is 0.788. The Labute approximate surface area is 94.7 Å². The third kappa shape index (κ3) is 2.22. The van der Waals surface area contributed by atoms with Gasteiger partial charge in [-0.25, -0.2) is 0 Å². The van der Waals surface area contributed by atoms with Crippen molar-refractivity contribution >= 4 is 5.97 Å². The molecule has 1 aromatic rings. The van der Waals surface area contributed by atoms with Crippen molar-refractivity contribution in [1.29, 1.82) is 0 Å². The standard InChI is InChI=1S/C12H16N2O2/c1-12(11(15)16,10-4-5-10)14-8-9-3-2-6-13-7-9/h2-3,6-7,10,14H,4-5,8H2,1H3,(H,15,16). The van der Waals surface area contributed by atoms with Gasteiger partial charge in [0.2, 0.25) is 0 Å². The maximum Gasteiger partial charge on any atom is 0.323 e. The molecule has 4 nitrogen and oxygen atoms in total. The van der Waals surface area contributed by atoms with Gasteiger partial charge in [-0.2, -0.15) is 0 Å². The number of rotatable bonds is 5. The highest BCUT2D eigenvalue weighted by Crippen LogP contribution is 2.39. The van der Waals surface area contributed by atoms with Crippen LogP contribution in [0, 0.1) is 5.92 Å². The van der Waals surface area contributed by atoms with Crippen LogP contribution in [0.15, 0.2) is 24.5 Å². The molecule has 0 radical (unpaired) electrons. The fourth-order valence-corrected chi connectivity index (χ4v) is 1.84. The summed E-state index contributed by atoms with van der Waals surface area (Å²) in [6, 6.07) is 3.79. The van der Waals surface area contributed by atoms with Crippen LogP contribution >= 0.6 is 0 Å². The highest BCUT2D eigenvalue weighted by molar-refractivity contribution is 5.79. The number of hydrogen-bond acceptors (Lipinski definition) is 3. The number of aliphatic carboxylic acids is 1. The van der Waals surface area contributed by atoms with E-state index in [2.05, 4.69) is 10.3 Å². The number of carbonyl (C=O) groups is 1. The van der Waals surface area contributed by atoms with Crippen molar-refractivity contribution in [2.45, 2.75) is 31.8 Å². The van der Waals surface area contributed by atoms with Crippen LogP contribution in [0.25, 0.3) is 0 Å². The second-order valence-electron chi connectivity index (χ2n) is 4.50. The smallest absolute Gasteiger partial charge is 0.323 e. The van der Waals surface area contributed by atoms with Crippen molar-refractivity contribution in [2.24, 2.45) is 5.92 Å². The summed E-state index contributed by atoms with van der Waals surface area (Å²) in [5, 5.41) is 12.4. The van der Waals surface area contributed by atoms with Crippen LogP contribution in [0.2, 0.25) is 0 Å². The molecule has 1 heterocycles. The molecule has 0 spiro atoms. The summed E-state index contributed by atoms with van der Waals surface area (Å²) in [4.78, 5) is 15.2.